The van der Waals surface area contributed by atoms with Gasteiger partial charge >= 0.3 is 0 Å². The van der Waals surface area contributed by atoms with Crippen LogP contribution in [0.3, 0.4) is 0 Å². The van der Waals surface area contributed by atoms with Crippen LogP contribution in [0.25, 0.3) is 11.3 Å². The zero-order chi connectivity index (χ0) is 22.0. The van der Waals surface area contributed by atoms with Crippen LogP contribution in [-0.4, -0.2) is 22.7 Å². The molecule has 3 aromatic rings. The van der Waals surface area contributed by atoms with Gasteiger partial charge in [-0.3, -0.25) is 24.6 Å². The van der Waals surface area contributed by atoms with Gasteiger partial charge in [0, 0.05) is 28.8 Å². The van der Waals surface area contributed by atoms with Crippen molar-refractivity contribution < 1.29 is 14.4 Å². The van der Waals surface area contributed by atoms with Gasteiger partial charge in [-0.05, 0) is 43.2 Å². The van der Waals surface area contributed by atoms with Gasteiger partial charge < -0.3 is 0 Å². The number of hydrogen-bond donors (Lipinski definition) is 1. The van der Waals surface area contributed by atoms with E-state index < -0.39 is 0 Å². The number of benzene rings is 2. The van der Waals surface area contributed by atoms with Gasteiger partial charge in [0.1, 0.15) is 0 Å². The lowest BCUT2D eigenvalue weighted by atomic mass is 10.1. The van der Waals surface area contributed by atoms with Crippen LogP contribution >= 0.6 is 11.3 Å². The van der Waals surface area contributed by atoms with Gasteiger partial charge in [-0.1, -0.05) is 37.6 Å². The minimum atomic E-state index is -0.288. The molecule has 6 nitrogen and oxygen atoms in total. The number of aromatic nitrogens is 1. The van der Waals surface area contributed by atoms with Crippen molar-refractivity contribution in [2.45, 2.75) is 39.5 Å². The number of nitrogens with one attached hydrogen (secondary N) is 1. The van der Waals surface area contributed by atoms with E-state index in [0.29, 0.717) is 16.4 Å². The SMILES string of the molecule is CCCc1ccc(-c2nc(NC(=O)c3ccc(N4C(=O)CCC4=O)cc3)sc2C)cc1. The standard InChI is InChI=1S/C24H23N3O3S/c1-3-4-16-5-7-17(8-6-16)22-15(2)31-24(25-22)26-23(30)18-9-11-19(12-10-18)27-20(28)13-14-21(27)29/h5-12H,3-4,13-14H2,1-2H3,(H,25,26,30). The highest BCUT2D eigenvalue weighted by Gasteiger charge is 2.30. The minimum absolute atomic E-state index is 0.212. The molecule has 31 heavy (non-hydrogen) atoms. The summed E-state index contributed by atoms with van der Waals surface area (Å²) in [5.74, 6) is -0.712. The molecule has 0 saturated carbocycles. The summed E-state index contributed by atoms with van der Waals surface area (Å²) in [5, 5.41) is 3.38. The Morgan fingerprint density at radius 1 is 1.03 bits per heavy atom. The Labute approximate surface area is 184 Å². The molecule has 1 saturated heterocycles. The van der Waals surface area contributed by atoms with Crippen LogP contribution in [0.1, 0.15) is 47.0 Å². The predicted octanol–water partition coefficient (Wildman–Crippen LogP) is 4.98. The van der Waals surface area contributed by atoms with E-state index in [1.165, 1.54) is 21.8 Å². The third kappa shape index (κ3) is 4.41. The van der Waals surface area contributed by atoms with Gasteiger partial charge in [0.25, 0.3) is 5.91 Å². The zero-order valence-electron chi connectivity index (χ0n) is 17.5. The molecule has 4 rings (SSSR count). The Kier molecular flexibility index (Phi) is 5.95. The number of carbonyl (C=O) groups is 3. The molecule has 0 unspecified atom stereocenters. The second-order valence-electron chi connectivity index (χ2n) is 7.49. The molecule has 2 heterocycles. The van der Waals surface area contributed by atoms with E-state index in [0.717, 1.165) is 29.0 Å². The van der Waals surface area contributed by atoms with Crippen molar-refractivity contribution >= 4 is 39.9 Å². The molecule has 1 fully saturated rings. The molecule has 158 valence electrons. The molecule has 7 heteroatoms. The van der Waals surface area contributed by atoms with Crippen molar-refractivity contribution in [3.8, 4) is 11.3 Å². The number of amides is 3. The van der Waals surface area contributed by atoms with E-state index in [4.69, 9.17) is 0 Å². The smallest absolute Gasteiger partial charge is 0.257 e. The molecule has 1 aliphatic heterocycles. The Morgan fingerprint density at radius 2 is 1.68 bits per heavy atom. The van der Waals surface area contributed by atoms with Crippen LogP contribution in [0, 0.1) is 6.92 Å². The Balaban J connectivity index is 1.47. The van der Waals surface area contributed by atoms with Gasteiger partial charge in [0.15, 0.2) is 5.13 Å². The summed E-state index contributed by atoms with van der Waals surface area (Å²) < 4.78 is 0. The molecule has 3 amide bonds. The van der Waals surface area contributed by atoms with Gasteiger partial charge in [-0.2, -0.15) is 0 Å². The lowest BCUT2D eigenvalue weighted by molar-refractivity contribution is -0.121. The average Bonchev–Trinajstić information content (AvgIpc) is 3.30. The first kappa shape index (κ1) is 20.9. The number of imide groups is 1. The highest BCUT2D eigenvalue weighted by Crippen LogP contribution is 2.31. The van der Waals surface area contributed by atoms with Crippen molar-refractivity contribution in [3.05, 3.63) is 64.5 Å². The average molecular weight is 434 g/mol. The van der Waals surface area contributed by atoms with Gasteiger partial charge in [0.2, 0.25) is 11.8 Å². The van der Waals surface area contributed by atoms with Crippen molar-refractivity contribution in [1.82, 2.24) is 4.98 Å². The van der Waals surface area contributed by atoms with Crippen molar-refractivity contribution in [2.75, 3.05) is 10.2 Å². The highest BCUT2D eigenvalue weighted by molar-refractivity contribution is 7.16. The first-order chi connectivity index (χ1) is 15.0. The third-order valence-electron chi connectivity index (χ3n) is 5.22. The molecule has 2 aromatic carbocycles. The van der Waals surface area contributed by atoms with E-state index >= 15 is 0 Å². The quantitative estimate of drug-likeness (QED) is 0.556. The summed E-state index contributed by atoms with van der Waals surface area (Å²) in [6, 6.07) is 14.8. The Hall–Kier alpha value is -3.32. The van der Waals surface area contributed by atoms with Crippen molar-refractivity contribution in [1.29, 1.82) is 0 Å². The molecule has 1 aromatic heterocycles. The maximum atomic E-state index is 12.7. The van der Waals surface area contributed by atoms with Crippen LogP contribution in [0.15, 0.2) is 48.5 Å². The van der Waals surface area contributed by atoms with Crippen LogP contribution in [0.5, 0.6) is 0 Å². The fourth-order valence-electron chi connectivity index (χ4n) is 3.63. The van der Waals surface area contributed by atoms with E-state index in [-0.39, 0.29) is 30.6 Å². The lowest BCUT2D eigenvalue weighted by Gasteiger charge is -2.13. The summed E-state index contributed by atoms with van der Waals surface area (Å²) in [6.45, 7) is 4.15. The van der Waals surface area contributed by atoms with Gasteiger partial charge in [-0.15, -0.1) is 11.3 Å². The Morgan fingerprint density at radius 3 is 2.29 bits per heavy atom. The summed E-state index contributed by atoms with van der Waals surface area (Å²) >= 11 is 1.43. The number of nitrogens with zero attached hydrogens (tertiary/aromatic N) is 2. The highest BCUT2D eigenvalue weighted by atomic mass is 32.1. The van der Waals surface area contributed by atoms with Crippen LogP contribution in [0.2, 0.25) is 0 Å². The molecular formula is C24H23N3O3S. The molecule has 0 radical (unpaired) electrons. The second-order valence-corrected chi connectivity index (χ2v) is 8.70. The molecule has 1 aliphatic rings. The summed E-state index contributed by atoms with van der Waals surface area (Å²) in [6.07, 6.45) is 2.62. The number of thiazole rings is 1. The third-order valence-corrected chi connectivity index (χ3v) is 6.11. The maximum Gasteiger partial charge on any atom is 0.257 e. The van der Waals surface area contributed by atoms with E-state index in [9.17, 15) is 14.4 Å². The number of rotatable bonds is 6. The fraction of sp³-hybridized carbons (Fsp3) is 0.250. The second kappa shape index (κ2) is 8.81. The van der Waals surface area contributed by atoms with Gasteiger partial charge in [-0.25, -0.2) is 4.98 Å². The molecule has 0 aliphatic carbocycles. The maximum absolute atomic E-state index is 12.7. The molecule has 1 N–H and O–H groups in total. The predicted molar refractivity (Wildman–Crippen MR) is 122 cm³/mol. The largest absolute Gasteiger partial charge is 0.298 e. The van der Waals surface area contributed by atoms with E-state index in [2.05, 4.69) is 41.5 Å². The zero-order valence-corrected chi connectivity index (χ0v) is 18.3. The first-order valence-corrected chi connectivity index (χ1v) is 11.1. The molecule has 0 atom stereocenters. The van der Waals surface area contributed by atoms with E-state index in [1.54, 1.807) is 24.3 Å². The summed E-state index contributed by atoms with van der Waals surface area (Å²) in [7, 11) is 0. The summed E-state index contributed by atoms with van der Waals surface area (Å²) in [4.78, 5) is 43.2. The first-order valence-electron chi connectivity index (χ1n) is 10.3. The van der Waals surface area contributed by atoms with Crippen molar-refractivity contribution in [2.24, 2.45) is 0 Å². The van der Waals surface area contributed by atoms with Crippen LogP contribution in [0.4, 0.5) is 10.8 Å². The van der Waals surface area contributed by atoms with Crippen molar-refractivity contribution in [3.63, 3.8) is 0 Å². The number of anilines is 2. The number of hydrogen-bond acceptors (Lipinski definition) is 5. The fourth-order valence-corrected chi connectivity index (χ4v) is 4.46. The van der Waals surface area contributed by atoms with E-state index in [1.807, 2.05) is 6.92 Å². The molecule has 0 spiro atoms. The Bertz CT molecular complexity index is 1120. The normalized spacial score (nSPS) is 13.7. The molecule has 0 bridgehead atoms. The number of carbonyl (C=O) groups excluding carboxylic acids is 3. The van der Waals surface area contributed by atoms with Crippen LogP contribution in [-0.2, 0) is 16.0 Å². The van der Waals surface area contributed by atoms with Crippen LogP contribution < -0.4 is 10.2 Å². The lowest BCUT2D eigenvalue weighted by Crippen LogP contribution is -2.28. The topological polar surface area (TPSA) is 79.4 Å². The number of aryl methyl sites for hydroxylation is 2. The summed E-state index contributed by atoms with van der Waals surface area (Å²) in [5.41, 5.74) is 4.11. The minimum Gasteiger partial charge on any atom is -0.298 e. The molecular weight excluding hydrogens is 410 g/mol. The monoisotopic (exact) mass is 433 g/mol. The van der Waals surface area contributed by atoms with Gasteiger partial charge in [0.05, 0.1) is 11.4 Å².